The Morgan fingerprint density at radius 3 is 2.23 bits per heavy atom. The second kappa shape index (κ2) is 12.5. The molecule has 2 amide bonds. The van der Waals surface area contributed by atoms with E-state index in [1.807, 2.05) is 58.9 Å². The van der Waals surface area contributed by atoms with Gasteiger partial charge in [0, 0.05) is 42.4 Å². The molecule has 2 aliphatic heterocycles. The average molecular weight is 714 g/mol. The molecule has 3 heterocycles. The minimum absolute atomic E-state index is 0.0359. The molecule has 0 radical (unpaired) electrons. The van der Waals surface area contributed by atoms with Crippen molar-refractivity contribution in [2.75, 3.05) is 13.7 Å². The summed E-state index contributed by atoms with van der Waals surface area (Å²) in [5.41, 5.74) is 0.820. The Kier molecular flexibility index (Phi) is 9.08. The zero-order chi connectivity index (χ0) is 34.5. The van der Waals surface area contributed by atoms with Crippen LogP contribution in [0.15, 0.2) is 40.9 Å². The third-order valence-electron chi connectivity index (χ3n) is 7.58. The van der Waals surface area contributed by atoms with E-state index in [1.165, 1.54) is 12.0 Å². The van der Waals surface area contributed by atoms with Gasteiger partial charge in [0.15, 0.2) is 11.5 Å². The van der Waals surface area contributed by atoms with Crippen molar-refractivity contribution in [2.45, 2.75) is 91.4 Å². The van der Waals surface area contributed by atoms with Crippen molar-refractivity contribution in [1.82, 2.24) is 20.2 Å². The van der Waals surface area contributed by atoms with E-state index in [-0.39, 0.29) is 18.8 Å². The molecule has 2 aliphatic rings. The second-order valence-corrected chi connectivity index (χ2v) is 15.1. The number of halogens is 1. The lowest BCUT2D eigenvalue weighted by molar-refractivity contribution is -0.152. The van der Waals surface area contributed by atoms with Crippen LogP contribution in [0.4, 0.5) is 4.79 Å². The zero-order valence-corrected chi connectivity index (χ0v) is 29.7. The summed E-state index contributed by atoms with van der Waals surface area (Å²) in [7, 11) is 1.27. The summed E-state index contributed by atoms with van der Waals surface area (Å²) in [6.45, 7) is 14.4. The van der Waals surface area contributed by atoms with Gasteiger partial charge in [0.25, 0.3) is 0 Å². The molecular formula is C34H41BrN4O8. The third kappa shape index (κ3) is 7.72. The molecule has 1 saturated heterocycles. The standard InChI is InChI=1S/C34H41BrN4O8/c1-32(2,3)27(38-31(42)47-33(4,5)6)29(40)39-17-20(14-23(39)30(41)43-9)44-28-26(18-11-10-12-19(35)13-18)36-21-15-24-25(16-22(21)37-28)46-34(7,8)45-24/h10-13,15-16,20,23,27H,14,17H2,1-9H3,(H,38,42)/t20-,23+,27-/m1/s1. The molecule has 2 aromatic carbocycles. The maximum Gasteiger partial charge on any atom is 0.408 e. The highest BCUT2D eigenvalue weighted by Crippen LogP contribution is 2.43. The van der Waals surface area contributed by atoms with Gasteiger partial charge in [-0.3, -0.25) is 4.79 Å². The number of carbonyl (C=O) groups excluding carboxylic acids is 3. The van der Waals surface area contributed by atoms with Crippen molar-refractivity contribution in [3.63, 3.8) is 0 Å². The van der Waals surface area contributed by atoms with E-state index in [9.17, 15) is 14.4 Å². The van der Waals surface area contributed by atoms with Gasteiger partial charge in [-0.05, 0) is 38.3 Å². The van der Waals surface area contributed by atoms with Gasteiger partial charge < -0.3 is 33.9 Å². The quantitative estimate of drug-likeness (QED) is 0.302. The second-order valence-electron chi connectivity index (χ2n) is 14.2. The van der Waals surface area contributed by atoms with E-state index in [2.05, 4.69) is 21.2 Å². The smallest absolute Gasteiger partial charge is 0.408 e. The summed E-state index contributed by atoms with van der Waals surface area (Å²) in [6.07, 6.45) is -1.26. The van der Waals surface area contributed by atoms with Crippen molar-refractivity contribution < 1.29 is 38.1 Å². The van der Waals surface area contributed by atoms with E-state index < -0.39 is 53.0 Å². The lowest BCUT2D eigenvalue weighted by atomic mass is 9.85. The predicted octanol–water partition coefficient (Wildman–Crippen LogP) is 6.03. The maximum absolute atomic E-state index is 14.1. The molecule has 1 N–H and O–H groups in total. The highest BCUT2D eigenvalue weighted by molar-refractivity contribution is 9.10. The molecular weight excluding hydrogens is 672 g/mol. The SMILES string of the molecule is COC(=O)[C@@H]1C[C@@H](Oc2nc3cc4c(cc3nc2-c2cccc(Br)c2)OC(C)(C)O4)CN1C(=O)[C@@H](NC(=O)OC(C)(C)C)C(C)(C)C. The summed E-state index contributed by atoms with van der Waals surface area (Å²) in [5.74, 6) is -0.579. The van der Waals surface area contributed by atoms with Gasteiger partial charge >= 0.3 is 12.1 Å². The molecule has 1 fully saturated rings. The van der Waals surface area contributed by atoms with Crippen LogP contribution in [0.2, 0.25) is 0 Å². The Hall–Kier alpha value is -4.13. The van der Waals surface area contributed by atoms with Crippen LogP contribution in [0.1, 0.15) is 61.8 Å². The predicted molar refractivity (Wildman–Crippen MR) is 177 cm³/mol. The van der Waals surface area contributed by atoms with Crippen LogP contribution in [-0.4, -0.2) is 76.1 Å². The number of hydrogen-bond donors (Lipinski definition) is 1. The number of rotatable bonds is 6. The molecule has 0 aliphatic carbocycles. The van der Waals surface area contributed by atoms with Crippen molar-refractivity contribution in [1.29, 1.82) is 0 Å². The number of amides is 2. The Balaban J connectivity index is 1.49. The number of fused-ring (bicyclic) bond motifs is 2. The number of benzene rings is 2. The minimum Gasteiger partial charge on any atom is -0.471 e. The van der Waals surface area contributed by atoms with Crippen LogP contribution in [0.5, 0.6) is 17.4 Å². The fraction of sp³-hybridized carbons (Fsp3) is 0.500. The fourth-order valence-electron chi connectivity index (χ4n) is 5.55. The largest absolute Gasteiger partial charge is 0.471 e. The fourth-order valence-corrected chi connectivity index (χ4v) is 5.95. The molecule has 252 valence electrons. The van der Waals surface area contributed by atoms with Gasteiger partial charge in [0.1, 0.15) is 29.5 Å². The van der Waals surface area contributed by atoms with E-state index in [0.29, 0.717) is 28.2 Å². The number of alkyl carbamates (subject to hydrolysis) is 1. The summed E-state index contributed by atoms with van der Waals surface area (Å²) >= 11 is 3.53. The van der Waals surface area contributed by atoms with Crippen LogP contribution >= 0.6 is 15.9 Å². The molecule has 3 aromatic rings. The van der Waals surface area contributed by atoms with E-state index in [4.69, 9.17) is 33.7 Å². The van der Waals surface area contributed by atoms with Gasteiger partial charge in [-0.2, -0.15) is 0 Å². The molecule has 47 heavy (non-hydrogen) atoms. The van der Waals surface area contributed by atoms with Crippen LogP contribution in [0.25, 0.3) is 22.3 Å². The van der Waals surface area contributed by atoms with Gasteiger partial charge in [0.2, 0.25) is 17.6 Å². The molecule has 0 unspecified atom stereocenters. The monoisotopic (exact) mass is 712 g/mol. The topological polar surface area (TPSA) is 138 Å². The molecule has 1 aromatic heterocycles. The summed E-state index contributed by atoms with van der Waals surface area (Å²) in [4.78, 5) is 51.1. The highest BCUT2D eigenvalue weighted by Gasteiger charge is 2.47. The van der Waals surface area contributed by atoms with Crippen molar-refractivity contribution in [3.05, 3.63) is 40.9 Å². The number of nitrogens with one attached hydrogen (secondary N) is 1. The van der Waals surface area contributed by atoms with Crippen molar-refractivity contribution in [2.24, 2.45) is 5.41 Å². The van der Waals surface area contributed by atoms with Crippen molar-refractivity contribution in [3.8, 4) is 28.6 Å². The first-order chi connectivity index (χ1) is 21.8. The average Bonchev–Trinajstić information content (AvgIpc) is 3.50. The van der Waals surface area contributed by atoms with Crippen LogP contribution in [0, 0.1) is 5.41 Å². The summed E-state index contributed by atoms with van der Waals surface area (Å²) in [6, 6.07) is 9.14. The number of ether oxygens (including phenoxy) is 5. The number of carbonyl (C=O) groups is 3. The summed E-state index contributed by atoms with van der Waals surface area (Å²) < 4.78 is 29.7. The van der Waals surface area contributed by atoms with Crippen molar-refractivity contribution >= 4 is 44.9 Å². The van der Waals surface area contributed by atoms with Gasteiger partial charge in [0.05, 0.1) is 24.7 Å². The van der Waals surface area contributed by atoms with Gasteiger partial charge in [-0.25, -0.2) is 19.6 Å². The van der Waals surface area contributed by atoms with E-state index in [0.717, 1.165) is 10.0 Å². The molecule has 0 saturated carbocycles. The molecule has 0 spiro atoms. The number of esters is 1. The number of nitrogens with zero attached hydrogens (tertiary/aromatic N) is 3. The Labute approximate surface area is 282 Å². The first-order valence-electron chi connectivity index (χ1n) is 15.4. The van der Waals surface area contributed by atoms with Crippen LogP contribution in [0.3, 0.4) is 0 Å². The van der Waals surface area contributed by atoms with Gasteiger partial charge in [-0.15, -0.1) is 0 Å². The minimum atomic E-state index is -1.01. The molecule has 5 rings (SSSR count). The lowest BCUT2D eigenvalue weighted by Gasteiger charge is -2.35. The van der Waals surface area contributed by atoms with Gasteiger partial charge in [-0.1, -0.05) is 48.8 Å². The number of aromatic nitrogens is 2. The Morgan fingerprint density at radius 2 is 1.66 bits per heavy atom. The third-order valence-corrected chi connectivity index (χ3v) is 8.07. The first kappa shape index (κ1) is 34.2. The number of hydrogen-bond acceptors (Lipinski definition) is 10. The number of likely N-dealkylation sites (tertiary alicyclic amines) is 1. The maximum atomic E-state index is 14.1. The van der Waals surface area contributed by atoms with E-state index in [1.54, 1.807) is 32.9 Å². The normalized spacial score (nSPS) is 19.3. The molecule has 3 atom stereocenters. The lowest BCUT2D eigenvalue weighted by Crippen LogP contribution is -2.57. The zero-order valence-electron chi connectivity index (χ0n) is 28.1. The molecule has 12 nitrogen and oxygen atoms in total. The first-order valence-corrected chi connectivity index (χ1v) is 16.2. The number of methoxy groups -OCH3 is 1. The molecule has 13 heteroatoms. The Bertz CT molecular complexity index is 1710. The molecule has 0 bridgehead atoms. The van der Waals surface area contributed by atoms with Crippen LogP contribution in [-0.2, 0) is 19.1 Å². The highest BCUT2D eigenvalue weighted by atomic mass is 79.9. The van der Waals surface area contributed by atoms with Crippen LogP contribution < -0.4 is 19.5 Å². The Morgan fingerprint density at radius 1 is 1.02 bits per heavy atom. The summed E-state index contributed by atoms with van der Waals surface area (Å²) in [5, 5.41) is 2.72. The van der Waals surface area contributed by atoms with E-state index >= 15 is 0 Å².